The zero-order valence-corrected chi connectivity index (χ0v) is 9.45. The fraction of sp³-hybridized carbons (Fsp3) is 0.250. The Bertz CT molecular complexity index is 614. The second-order valence-electron chi connectivity index (χ2n) is 4.07. The van der Waals surface area contributed by atoms with Crippen molar-refractivity contribution in [3.05, 3.63) is 35.5 Å². The first-order chi connectivity index (χ1) is 8.29. The highest BCUT2D eigenvalue weighted by Gasteiger charge is 2.31. The van der Waals surface area contributed by atoms with Crippen LogP contribution < -0.4 is 0 Å². The summed E-state index contributed by atoms with van der Waals surface area (Å²) in [5.41, 5.74) is 0.193. The van der Waals surface area contributed by atoms with Gasteiger partial charge in [0.1, 0.15) is 0 Å². The van der Waals surface area contributed by atoms with Gasteiger partial charge >= 0.3 is 12.1 Å². The van der Waals surface area contributed by atoms with Crippen molar-refractivity contribution in [3.63, 3.8) is 0 Å². The first kappa shape index (κ1) is 12.5. The zero-order chi connectivity index (χ0) is 13.5. The highest BCUT2D eigenvalue weighted by atomic mass is 19.4. The molecule has 3 nitrogen and oxygen atoms in total. The van der Waals surface area contributed by atoms with Gasteiger partial charge in [-0.05, 0) is 23.8 Å². The number of aliphatic carboxylic acids is 1. The number of hydrogen-bond donors (Lipinski definition) is 1. The molecule has 1 aromatic heterocycles. The molecule has 0 unspecified atom stereocenters. The van der Waals surface area contributed by atoms with E-state index < -0.39 is 17.7 Å². The van der Waals surface area contributed by atoms with E-state index in [1.807, 2.05) is 0 Å². The van der Waals surface area contributed by atoms with E-state index in [1.165, 1.54) is 6.07 Å². The van der Waals surface area contributed by atoms with Crippen LogP contribution in [0, 0.1) is 0 Å². The molecule has 0 radical (unpaired) electrons. The lowest BCUT2D eigenvalue weighted by Gasteiger charge is -2.07. The van der Waals surface area contributed by atoms with Crippen LogP contribution >= 0.6 is 0 Å². The van der Waals surface area contributed by atoms with Crippen molar-refractivity contribution in [2.45, 2.75) is 12.6 Å². The SMILES string of the molecule is Cn1cc(CC(=O)O)c2cc(C(F)(F)F)ccc21. The summed E-state index contributed by atoms with van der Waals surface area (Å²) in [4.78, 5) is 10.7. The van der Waals surface area contributed by atoms with Gasteiger partial charge in [0.25, 0.3) is 0 Å². The molecule has 2 aromatic rings. The van der Waals surface area contributed by atoms with Gasteiger partial charge in [0, 0.05) is 24.1 Å². The lowest BCUT2D eigenvalue weighted by molar-refractivity contribution is -0.137. The van der Waals surface area contributed by atoms with Gasteiger partial charge in [-0.25, -0.2) is 0 Å². The summed E-state index contributed by atoms with van der Waals surface area (Å²) in [7, 11) is 1.67. The number of carbonyl (C=O) groups is 1. The number of hydrogen-bond acceptors (Lipinski definition) is 1. The van der Waals surface area contributed by atoms with Crippen LogP contribution in [0.3, 0.4) is 0 Å². The van der Waals surface area contributed by atoms with Gasteiger partial charge in [-0.1, -0.05) is 0 Å². The maximum absolute atomic E-state index is 12.6. The Morgan fingerprint density at radius 2 is 2.06 bits per heavy atom. The Morgan fingerprint density at radius 3 is 2.61 bits per heavy atom. The minimum absolute atomic E-state index is 0.293. The summed E-state index contributed by atoms with van der Waals surface area (Å²) in [5.74, 6) is -1.07. The second-order valence-corrected chi connectivity index (χ2v) is 4.07. The van der Waals surface area contributed by atoms with Gasteiger partial charge < -0.3 is 9.67 Å². The molecule has 0 atom stereocenters. The average Bonchev–Trinajstić information content (AvgIpc) is 2.53. The largest absolute Gasteiger partial charge is 0.481 e. The summed E-state index contributed by atoms with van der Waals surface area (Å²) in [6.45, 7) is 0. The lowest BCUT2D eigenvalue weighted by atomic mass is 10.1. The second kappa shape index (κ2) is 4.04. The van der Waals surface area contributed by atoms with E-state index in [1.54, 1.807) is 17.8 Å². The number of benzene rings is 1. The van der Waals surface area contributed by atoms with Crippen LogP contribution in [-0.4, -0.2) is 15.6 Å². The molecular formula is C12H10F3NO2. The van der Waals surface area contributed by atoms with E-state index in [9.17, 15) is 18.0 Å². The molecule has 0 bridgehead atoms. The highest BCUT2D eigenvalue weighted by molar-refractivity contribution is 5.88. The molecule has 1 heterocycles. The third-order valence-electron chi connectivity index (χ3n) is 2.74. The fourth-order valence-corrected chi connectivity index (χ4v) is 1.95. The predicted molar refractivity (Wildman–Crippen MR) is 59.3 cm³/mol. The van der Waals surface area contributed by atoms with E-state index in [4.69, 9.17) is 5.11 Å². The van der Waals surface area contributed by atoms with Crippen molar-refractivity contribution >= 4 is 16.9 Å². The van der Waals surface area contributed by atoms with Gasteiger partial charge in [-0.2, -0.15) is 13.2 Å². The van der Waals surface area contributed by atoms with Gasteiger partial charge in [-0.3, -0.25) is 4.79 Å². The molecule has 0 aliphatic rings. The molecular weight excluding hydrogens is 247 g/mol. The van der Waals surface area contributed by atoms with E-state index in [0.717, 1.165) is 12.1 Å². The summed E-state index contributed by atoms with van der Waals surface area (Å²) in [6, 6.07) is 3.34. The Kier molecular flexibility index (Phi) is 2.80. The minimum Gasteiger partial charge on any atom is -0.481 e. The fourth-order valence-electron chi connectivity index (χ4n) is 1.95. The number of carboxylic acid groups (broad SMARTS) is 1. The van der Waals surface area contributed by atoms with Crippen LogP contribution in [0.2, 0.25) is 0 Å². The van der Waals surface area contributed by atoms with E-state index in [2.05, 4.69) is 0 Å². The van der Waals surface area contributed by atoms with Crippen LogP contribution in [0.4, 0.5) is 13.2 Å². The molecule has 0 fully saturated rings. The number of aryl methyl sites for hydroxylation is 1. The smallest absolute Gasteiger partial charge is 0.416 e. The normalized spacial score (nSPS) is 12.0. The Balaban J connectivity index is 2.62. The number of alkyl halides is 3. The molecule has 0 aliphatic carbocycles. The maximum Gasteiger partial charge on any atom is 0.416 e. The van der Waals surface area contributed by atoms with Gasteiger partial charge in [0.05, 0.1) is 12.0 Å². The molecule has 0 amide bonds. The lowest BCUT2D eigenvalue weighted by Crippen LogP contribution is -2.04. The Hall–Kier alpha value is -1.98. The van der Waals surface area contributed by atoms with Crippen LogP contribution in [-0.2, 0) is 24.4 Å². The molecule has 2 rings (SSSR count). The van der Waals surface area contributed by atoms with Crippen LogP contribution in [0.5, 0.6) is 0 Å². The topological polar surface area (TPSA) is 42.2 Å². The molecule has 1 N–H and O–H groups in total. The van der Waals surface area contributed by atoms with E-state index in [-0.39, 0.29) is 6.42 Å². The van der Waals surface area contributed by atoms with Crippen LogP contribution in [0.15, 0.2) is 24.4 Å². The highest BCUT2D eigenvalue weighted by Crippen LogP contribution is 2.32. The Morgan fingerprint density at radius 1 is 1.39 bits per heavy atom. The van der Waals surface area contributed by atoms with Crippen molar-refractivity contribution in [2.75, 3.05) is 0 Å². The van der Waals surface area contributed by atoms with Gasteiger partial charge in [0.15, 0.2) is 0 Å². The quantitative estimate of drug-likeness (QED) is 0.898. The standard InChI is InChI=1S/C12H10F3NO2/c1-16-6-7(4-11(17)18)9-5-8(12(13,14)15)2-3-10(9)16/h2-3,5-6H,4H2,1H3,(H,17,18). The molecule has 0 aliphatic heterocycles. The zero-order valence-electron chi connectivity index (χ0n) is 9.45. The number of rotatable bonds is 2. The van der Waals surface area contributed by atoms with E-state index in [0.29, 0.717) is 16.5 Å². The predicted octanol–water partition coefficient (Wildman–Crippen LogP) is 2.82. The molecule has 0 spiro atoms. The number of halogens is 3. The first-order valence-electron chi connectivity index (χ1n) is 5.16. The number of carboxylic acids is 1. The third kappa shape index (κ3) is 2.18. The third-order valence-corrected chi connectivity index (χ3v) is 2.74. The van der Waals surface area contributed by atoms with Crippen molar-refractivity contribution in [1.82, 2.24) is 4.57 Å². The van der Waals surface area contributed by atoms with Crippen molar-refractivity contribution in [1.29, 1.82) is 0 Å². The number of aromatic nitrogens is 1. The van der Waals surface area contributed by atoms with Crippen molar-refractivity contribution in [3.8, 4) is 0 Å². The molecule has 18 heavy (non-hydrogen) atoms. The van der Waals surface area contributed by atoms with Crippen LogP contribution in [0.25, 0.3) is 10.9 Å². The monoisotopic (exact) mass is 257 g/mol. The first-order valence-corrected chi connectivity index (χ1v) is 5.16. The average molecular weight is 257 g/mol. The number of nitrogens with zero attached hydrogens (tertiary/aromatic N) is 1. The summed E-state index contributed by atoms with van der Waals surface area (Å²) in [5, 5.41) is 9.06. The number of fused-ring (bicyclic) bond motifs is 1. The molecule has 6 heteroatoms. The molecule has 1 aromatic carbocycles. The molecule has 0 saturated carbocycles. The summed E-state index contributed by atoms with van der Waals surface area (Å²) < 4.78 is 39.4. The summed E-state index contributed by atoms with van der Waals surface area (Å²) in [6.07, 6.45) is -3.18. The van der Waals surface area contributed by atoms with E-state index >= 15 is 0 Å². The maximum atomic E-state index is 12.6. The van der Waals surface area contributed by atoms with Crippen molar-refractivity contribution < 1.29 is 23.1 Å². The Labute approximate surface area is 100 Å². The summed E-state index contributed by atoms with van der Waals surface area (Å²) >= 11 is 0. The minimum atomic E-state index is -4.43. The van der Waals surface area contributed by atoms with Crippen molar-refractivity contribution in [2.24, 2.45) is 7.05 Å². The van der Waals surface area contributed by atoms with Gasteiger partial charge in [-0.15, -0.1) is 0 Å². The molecule has 96 valence electrons. The van der Waals surface area contributed by atoms with Gasteiger partial charge in [0.2, 0.25) is 0 Å². The molecule has 0 saturated heterocycles. The van der Waals surface area contributed by atoms with Crippen LogP contribution in [0.1, 0.15) is 11.1 Å².